The summed E-state index contributed by atoms with van der Waals surface area (Å²) in [6.45, 7) is 0. The van der Waals surface area contributed by atoms with E-state index in [1.807, 2.05) is 0 Å². The molecule has 1 aliphatic heterocycles. The van der Waals surface area contributed by atoms with E-state index in [-0.39, 0.29) is 29.0 Å². The minimum Gasteiger partial charge on any atom is -0.507 e. The van der Waals surface area contributed by atoms with Crippen molar-refractivity contribution in [1.82, 2.24) is 5.32 Å². The van der Waals surface area contributed by atoms with Crippen LogP contribution >= 0.6 is 23.4 Å². The van der Waals surface area contributed by atoms with Gasteiger partial charge in [-0.1, -0.05) is 23.4 Å². The quantitative estimate of drug-likeness (QED) is 0.427. The third-order valence-corrected chi connectivity index (χ3v) is 5.20. The Bertz CT molecular complexity index is 960. The zero-order valence-corrected chi connectivity index (χ0v) is 16.3. The van der Waals surface area contributed by atoms with E-state index in [1.54, 1.807) is 37.4 Å². The number of rotatable bonds is 6. The number of methoxy groups -OCH3 is 1. The summed E-state index contributed by atoms with van der Waals surface area (Å²) < 4.78 is 5.07. The van der Waals surface area contributed by atoms with Crippen molar-refractivity contribution in [3.05, 3.63) is 58.6 Å². The molecule has 1 heterocycles. The van der Waals surface area contributed by atoms with E-state index in [0.29, 0.717) is 21.9 Å². The Morgan fingerprint density at radius 1 is 1.32 bits per heavy atom. The highest BCUT2D eigenvalue weighted by Crippen LogP contribution is 2.25. The molecule has 3 rings (SSSR count). The fourth-order valence-corrected chi connectivity index (χ4v) is 3.53. The number of hydrogen-bond donors (Lipinski definition) is 2. The van der Waals surface area contributed by atoms with Crippen molar-refractivity contribution < 1.29 is 19.4 Å². The van der Waals surface area contributed by atoms with Gasteiger partial charge in [-0.05, 0) is 42.5 Å². The summed E-state index contributed by atoms with van der Waals surface area (Å²) in [6.07, 6.45) is 1.37. The van der Waals surface area contributed by atoms with Gasteiger partial charge in [0.15, 0.2) is 11.0 Å². The van der Waals surface area contributed by atoms with Crippen molar-refractivity contribution in [2.45, 2.75) is 11.7 Å². The monoisotopic (exact) mass is 417 g/mol. The van der Waals surface area contributed by atoms with Gasteiger partial charge in [-0.15, -0.1) is 5.10 Å². The predicted molar refractivity (Wildman–Crippen MR) is 110 cm³/mol. The average molecular weight is 418 g/mol. The molecule has 0 aliphatic carbocycles. The SMILES string of the molecule is COc1ccc(C(=O)CC2S/C(=N\N=C\c3cc(Cl)ccc3O)NC2=O)cc1. The summed E-state index contributed by atoms with van der Waals surface area (Å²) in [6, 6.07) is 11.3. The van der Waals surface area contributed by atoms with Gasteiger partial charge in [-0.3, -0.25) is 9.59 Å². The van der Waals surface area contributed by atoms with Crippen LogP contribution in [0.1, 0.15) is 22.3 Å². The number of hydrogen-bond acceptors (Lipinski definition) is 7. The molecule has 7 nitrogen and oxygen atoms in total. The van der Waals surface area contributed by atoms with Gasteiger partial charge in [-0.25, -0.2) is 0 Å². The Labute approximate surface area is 170 Å². The van der Waals surface area contributed by atoms with Gasteiger partial charge in [-0.2, -0.15) is 5.10 Å². The number of thioether (sulfide) groups is 1. The number of benzene rings is 2. The zero-order chi connectivity index (χ0) is 20.1. The van der Waals surface area contributed by atoms with E-state index in [4.69, 9.17) is 16.3 Å². The van der Waals surface area contributed by atoms with E-state index >= 15 is 0 Å². The molecule has 2 N–H and O–H groups in total. The highest BCUT2D eigenvalue weighted by atomic mass is 35.5. The zero-order valence-electron chi connectivity index (χ0n) is 14.8. The van der Waals surface area contributed by atoms with Crippen LogP contribution in [0.3, 0.4) is 0 Å². The normalized spacial score (nSPS) is 17.9. The lowest BCUT2D eigenvalue weighted by molar-refractivity contribution is -0.118. The first-order valence-electron chi connectivity index (χ1n) is 8.20. The molecule has 0 aromatic heterocycles. The van der Waals surface area contributed by atoms with Gasteiger partial charge in [0.05, 0.1) is 18.6 Å². The number of aromatic hydroxyl groups is 1. The minimum atomic E-state index is -0.580. The lowest BCUT2D eigenvalue weighted by Gasteiger charge is -2.05. The first kappa shape index (κ1) is 19.9. The molecule has 1 aliphatic rings. The van der Waals surface area contributed by atoms with E-state index in [9.17, 15) is 14.7 Å². The Morgan fingerprint density at radius 2 is 2.07 bits per heavy atom. The molecular weight excluding hydrogens is 402 g/mol. The highest BCUT2D eigenvalue weighted by molar-refractivity contribution is 8.15. The molecule has 1 saturated heterocycles. The lowest BCUT2D eigenvalue weighted by Crippen LogP contribution is -2.26. The summed E-state index contributed by atoms with van der Waals surface area (Å²) in [5.74, 6) is 0.220. The Hall–Kier alpha value is -2.84. The largest absolute Gasteiger partial charge is 0.507 e. The van der Waals surface area contributed by atoms with Crippen LogP contribution in [0.2, 0.25) is 5.02 Å². The third-order valence-electron chi connectivity index (χ3n) is 3.89. The Morgan fingerprint density at radius 3 is 2.79 bits per heavy atom. The van der Waals surface area contributed by atoms with Gasteiger partial charge < -0.3 is 15.2 Å². The van der Waals surface area contributed by atoms with Crippen LogP contribution in [0.15, 0.2) is 52.7 Å². The van der Waals surface area contributed by atoms with Crippen molar-refractivity contribution in [2.75, 3.05) is 7.11 Å². The van der Waals surface area contributed by atoms with Crippen molar-refractivity contribution >= 4 is 46.4 Å². The van der Waals surface area contributed by atoms with Gasteiger partial charge in [0.1, 0.15) is 11.5 Å². The molecule has 0 radical (unpaired) electrons. The summed E-state index contributed by atoms with van der Waals surface area (Å²) in [7, 11) is 1.55. The molecule has 1 atom stereocenters. The summed E-state index contributed by atoms with van der Waals surface area (Å²) in [5, 5.41) is 20.3. The first-order valence-corrected chi connectivity index (χ1v) is 9.46. The van der Waals surface area contributed by atoms with Crippen LogP contribution in [0, 0.1) is 0 Å². The topological polar surface area (TPSA) is 100 Å². The van der Waals surface area contributed by atoms with Gasteiger partial charge in [0.25, 0.3) is 0 Å². The standard InChI is InChI=1S/C19H16ClN3O4S/c1-27-14-5-2-11(3-6-14)16(25)9-17-18(26)22-19(28-17)23-21-10-12-8-13(20)4-7-15(12)24/h2-8,10,17,24H,9H2,1H3,(H,22,23,26)/b21-10+. The number of amidine groups is 1. The van der Waals surface area contributed by atoms with Crippen molar-refractivity contribution in [1.29, 1.82) is 0 Å². The second-order valence-corrected chi connectivity index (χ2v) is 7.43. The van der Waals surface area contributed by atoms with Crippen LogP contribution in [0.25, 0.3) is 0 Å². The molecular formula is C19H16ClN3O4S. The van der Waals surface area contributed by atoms with E-state index in [2.05, 4.69) is 15.5 Å². The molecule has 0 bridgehead atoms. The van der Waals surface area contributed by atoms with Gasteiger partial charge in [0, 0.05) is 22.6 Å². The molecule has 0 saturated carbocycles. The number of ether oxygens (including phenoxy) is 1. The lowest BCUT2D eigenvalue weighted by atomic mass is 10.1. The number of Topliss-reactive ketones (excluding diaryl/α,β-unsaturated/α-hetero) is 1. The molecule has 9 heteroatoms. The maximum absolute atomic E-state index is 12.4. The number of nitrogens with one attached hydrogen (secondary N) is 1. The number of phenolic OH excluding ortho intramolecular Hbond substituents is 1. The van der Waals surface area contributed by atoms with Crippen molar-refractivity contribution in [3.63, 3.8) is 0 Å². The minimum absolute atomic E-state index is 0.0134. The van der Waals surface area contributed by atoms with Crippen molar-refractivity contribution in [2.24, 2.45) is 10.2 Å². The average Bonchev–Trinajstić information content (AvgIpc) is 3.03. The molecule has 28 heavy (non-hydrogen) atoms. The van der Waals surface area contributed by atoms with E-state index < -0.39 is 5.25 Å². The van der Waals surface area contributed by atoms with Gasteiger partial charge >= 0.3 is 0 Å². The summed E-state index contributed by atoms with van der Waals surface area (Å²) in [5.41, 5.74) is 0.909. The molecule has 1 fully saturated rings. The van der Waals surface area contributed by atoms with Crippen molar-refractivity contribution in [3.8, 4) is 11.5 Å². The van der Waals surface area contributed by atoms with Crippen LogP contribution in [0.4, 0.5) is 0 Å². The smallest absolute Gasteiger partial charge is 0.240 e. The third kappa shape index (κ3) is 4.90. The summed E-state index contributed by atoms with van der Waals surface area (Å²) >= 11 is 7.00. The maximum Gasteiger partial charge on any atom is 0.240 e. The number of amides is 1. The molecule has 2 aromatic rings. The molecule has 2 aromatic carbocycles. The maximum atomic E-state index is 12.4. The second-order valence-electron chi connectivity index (χ2n) is 5.80. The van der Waals surface area contributed by atoms with Crippen LogP contribution in [-0.2, 0) is 4.79 Å². The van der Waals surface area contributed by atoms with Crippen LogP contribution < -0.4 is 10.1 Å². The number of nitrogens with zero attached hydrogens (tertiary/aromatic N) is 2. The number of carbonyl (C=O) groups is 2. The number of halogens is 1. The number of phenols is 1. The molecule has 144 valence electrons. The fraction of sp³-hybridized carbons (Fsp3) is 0.158. The van der Waals surface area contributed by atoms with Gasteiger partial charge in [0.2, 0.25) is 5.91 Å². The summed E-state index contributed by atoms with van der Waals surface area (Å²) in [4.78, 5) is 24.5. The predicted octanol–water partition coefficient (Wildman–Crippen LogP) is 3.25. The van der Waals surface area contributed by atoms with E-state index in [0.717, 1.165) is 11.8 Å². The van der Waals surface area contributed by atoms with E-state index in [1.165, 1.54) is 18.3 Å². The second kappa shape index (κ2) is 8.90. The highest BCUT2D eigenvalue weighted by Gasteiger charge is 2.32. The Balaban J connectivity index is 1.62. The number of carbonyl (C=O) groups excluding carboxylic acids is 2. The first-order chi connectivity index (χ1) is 13.5. The Kier molecular flexibility index (Phi) is 6.33. The molecule has 1 unspecified atom stereocenters. The molecule has 0 spiro atoms. The van der Waals surface area contributed by atoms with Crippen LogP contribution in [0.5, 0.6) is 11.5 Å². The van der Waals surface area contributed by atoms with Crippen LogP contribution in [-0.4, -0.2) is 40.5 Å². The fourth-order valence-electron chi connectivity index (χ4n) is 2.42. The number of ketones is 1. The molecule has 1 amide bonds.